The fraction of sp³-hybridized carbons (Fsp3) is 0.107. The summed E-state index contributed by atoms with van der Waals surface area (Å²) < 4.78 is 30.0. The average molecular weight is 509 g/mol. The Kier molecular flexibility index (Phi) is 5.49. The van der Waals surface area contributed by atoms with Crippen LogP contribution in [0.4, 0.5) is 5.82 Å². The number of aromatic nitrogens is 5. The normalized spacial score (nSPS) is 12.7. The second-order valence-electron chi connectivity index (χ2n) is 8.92. The maximum absolute atomic E-state index is 14.2. The van der Waals surface area contributed by atoms with E-state index in [-0.39, 0.29) is 4.90 Å². The summed E-state index contributed by atoms with van der Waals surface area (Å²) in [7, 11) is -3.95. The number of hydrogen-bond donors (Lipinski definition) is 2. The zero-order chi connectivity index (χ0) is 25.6. The second kappa shape index (κ2) is 8.86. The molecule has 1 unspecified atom stereocenters. The van der Waals surface area contributed by atoms with Crippen LogP contribution in [0.25, 0.3) is 33.2 Å². The Morgan fingerprint density at radius 1 is 0.892 bits per heavy atom. The van der Waals surface area contributed by atoms with Gasteiger partial charge >= 0.3 is 0 Å². The van der Waals surface area contributed by atoms with E-state index in [9.17, 15) is 8.42 Å². The van der Waals surface area contributed by atoms with E-state index in [1.54, 1.807) is 18.5 Å². The molecule has 0 saturated heterocycles. The fourth-order valence-electron chi connectivity index (χ4n) is 4.75. The van der Waals surface area contributed by atoms with Crippen LogP contribution in [-0.2, 0) is 10.0 Å². The van der Waals surface area contributed by atoms with Gasteiger partial charge in [0.05, 0.1) is 28.5 Å². The van der Waals surface area contributed by atoms with Crippen molar-refractivity contribution in [3.8, 4) is 11.1 Å². The first-order valence-corrected chi connectivity index (χ1v) is 13.3. The number of rotatable bonds is 6. The molecular formula is C28H24N6O2S. The number of para-hydroxylation sites is 1. The average Bonchev–Trinajstić information content (AvgIpc) is 3.53. The van der Waals surface area contributed by atoms with Crippen molar-refractivity contribution in [3.63, 3.8) is 0 Å². The number of aryl methyl sites for hydroxylation is 1. The molecule has 0 aliphatic rings. The number of H-pyrrole nitrogens is 1. The first-order valence-electron chi connectivity index (χ1n) is 11.9. The molecule has 9 heteroatoms. The Labute approximate surface area is 214 Å². The van der Waals surface area contributed by atoms with Crippen LogP contribution < -0.4 is 5.32 Å². The Hall–Kier alpha value is -4.50. The van der Waals surface area contributed by atoms with Gasteiger partial charge in [0.2, 0.25) is 0 Å². The fourth-order valence-corrected chi connectivity index (χ4v) is 6.37. The van der Waals surface area contributed by atoms with Crippen LogP contribution in [0.3, 0.4) is 0 Å². The van der Waals surface area contributed by atoms with Gasteiger partial charge in [-0.15, -0.1) is 0 Å². The molecule has 184 valence electrons. The number of imidazole rings is 1. The lowest BCUT2D eigenvalue weighted by atomic mass is 9.99. The number of benzene rings is 3. The molecule has 1 atom stereocenters. The number of nitrogens with zero attached hydrogens (tertiary/aromatic N) is 4. The third kappa shape index (κ3) is 3.84. The molecule has 0 spiro atoms. The van der Waals surface area contributed by atoms with Gasteiger partial charge in [0, 0.05) is 10.9 Å². The van der Waals surface area contributed by atoms with E-state index in [1.807, 2.05) is 80.6 Å². The van der Waals surface area contributed by atoms with Crippen LogP contribution in [0.5, 0.6) is 0 Å². The van der Waals surface area contributed by atoms with E-state index in [0.29, 0.717) is 28.2 Å². The number of hydrogen-bond acceptors (Lipinski definition) is 6. The predicted octanol–water partition coefficient (Wildman–Crippen LogP) is 5.69. The molecule has 2 N–H and O–H groups in total. The topological polar surface area (TPSA) is 106 Å². The van der Waals surface area contributed by atoms with E-state index in [4.69, 9.17) is 0 Å². The van der Waals surface area contributed by atoms with Gasteiger partial charge in [0.25, 0.3) is 10.0 Å². The van der Waals surface area contributed by atoms with Crippen LogP contribution >= 0.6 is 0 Å². The first kappa shape index (κ1) is 22.9. The van der Waals surface area contributed by atoms with Crippen LogP contribution in [0.1, 0.15) is 24.2 Å². The SMILES string of the molecule is Cc1ccc(S(=O)(=O)n2c(C(C)Nc3ncnc4nc[nH]c34)c(-c3ccccc3)c3ccccc32)cc1. The standard InChI is InChI=1S/C28H24N6O2S/c1-18-12-14-21(15-13-18)37(35,36)34-23-11-7-6-10-22(23)24(20-8-4-3-5-9-20)26(34)19(2)33-28-25-27(30-16-29-25)31-17-32-28/h3-17,19H,1-2H3,(H2,29,30,31,32,33). The number of nitrogens with one attached hydrogen (secondary N) is 2. The minimum absolute atomic E-state index is 0.227. The zero-order valence-electron chi connectivity index (χ0n) is 20.3. The Morgan fingerprint density at radius 2 is 1.62 bits per heavy atom. The molecule has 0 aliphatic heterocycles. The zero-order valence-corrected chi connectivity index (χ0v) is 21.1. The summed E-state index contributed by atoms with van der Waals surface area (Å²) in [6, 6.07) is 23.9. The number of fused-ring (bicyclic) bond motifs is 2. The molecule has 0 aliphatic carbocycles. The number of anilines is 1. The third-order valence-electron chi connectivity index (χ3n) is 6.48. The highest BCUT2D eigenvalue weighted by atomic mass is 32.2. The Morgan fingerprint density at radius 3 is 2.41 bits per heavy atom. The molecule has 8 nitrogen and oxygen atoms in total. The summed E-state index contributed by atoms with van der Waals surface area (Å²) >= 11 is 0. The molecule has 0 radical (unpaired) electrons. The van der Waals surface area contributed by atoms with Crippen LogP contribution in [0.2, 0.25) is 0 Å². The van der Waals surface area contributed by atoms with Crippen molar-refractivity contribution in [1.29, 1.82) is 0 Å². The van der Waals surface area contributed by atoms with Crippen LogP contribution in [0.15, 0.2) is 96.4 Å². The Bertz CT molecular complexity index is 1840. The van der Waals surface area contributed by atoms with Gasteiger partial charge in [0.15, 0.2) is 11.5 Å². The molecule has 3 aromatic carbocycles. The largest absolute Gasteiger partial charge is 0.360 e. The summed E-state index contributed by atoms with van der Waals surface area (Å²) in [5.74, 6) is 0.540. The van der Waals surface area contributed by atoms with E-state index in [2.05, 4.69) is 25.3 Å². The summed E-state index contributed by atoms with van der Waals surface area (Å²) in [6.07, 6.45) is 3.00. The highest BCUT2D eigenvalue weighted by Gasteiger charge is 2.30. The van der Waals surface area contributed by atoms with E-state index >= 15 is 0 Å². The van der Waals surface area contributed by atoms with E-state index in [1.165, 1.54) is 10.3 Å². The summed E-state index contributed by atoms with van der Waals surface area (Å²) in [6.45, 7) is 3.87. The molecule has 3 heterocycles. The van der Waals surface area contributed by atoms with Crippen molar-refractivity contribution in [3.05, 3.63) is 103 Å². The van der Waals surface area contributed by atoms with Crippen molar-refractivity contribution in [2.45, 2.75) is 24.8 Å². The second-order valence-corrected chi connectivity index (χ2v) is 10.7. The van der Waals surface area contributed by atoms with E-state index in [0.717, 1.165) is 22.1 Å². The molecule has 6 rings (SSSR count). The van der Waals surface area contributed by atoms with Gasteiger partial charge in [-0.3, -0.25) is 0 Å². The molecule has 6 aromatic rings. The van der Waals surface area contributed by atoms with Gasteiger partial charge in [-0.05, 0) is 37.6 Å². The molecular weight excluding hydrogens is 484 g/mol. The quantitative estimate of drug-likeness (QED) is 0.299. The van der Waals surface area contributed by atoms with Crippen molar-refractivity contribution in [1.82, 2.24) is 23.9 Å². The van der Waals surface area contributed by atoms with Crippen LogP contribution in [0, 0.1) is 6.92 Å². The molecule has 0 fully saturated rings. The molecule has 3 aromatic heterocycles. The van der Waals surface area contributed by atoms with Gasteiger partial charge in [-0.25, -0.2) is 27.3 Å². The summed E-state index contributed by atoms with van der Waals surface area (Å²) in [5, 5.41) is 4.27. The van der Waals surface area contributed by atoms with Gasteiger partial charge in [-0.2, -0.15) is 0 Å². The van der Waals surface area contributed by atoms with Crippen LogP contribution in [-0.4, -0.2) is 32.3 Å². The number of aromatic amines is 1. The lowest BCUT2D eigenvalue weighted by Gasteiger charge is -2.20. The van der Waals surface area contributed by atoms with Gasteiger partial charge in [0.1, 0.15) is 11.8 Å². The maximum atomic E-state index is 14.2. The lowest BCUT2D eigenvalue weighted by Crippen LogP contribution is -2.21. The summed E-state index contributed by atoms with van der Waals surface area (Å²) in [4.78, 5) is 16.1. The minimum atomic E-state index is -3.95. The van der Waals surface area contributed by atoms with Crippen molar-refractivity contribution >= 4 is 37.9 Å². The maximum Gasteiger partial charge on any atom is 0.268 e. The molecule has 37 heavy (non-hydrogen) atoms. The van der Waals surface area contributed by atoms with E-state index < -0.39 is 16.1 Å². The predicted molar refractivity (Wildman–Crippen MR) is 145 cm³/mol. The lowest BCUT2D eigenvalue weighted by molar-refractivity contribution is 0.585. The van der Waals surface area contributed by atoms with Crippen molar-refractivity contribution < 1.29 is 8.42 Å². The smallest absolute Gasteiger partial charge is 0.268 e. The summed E-state index contributed by atoms with van der Waals surface area (Å²) in [5.41, 5.74) is 5.17. The minimum Gasteiger partial charge on any atom is -0.360 e. The third-order valence-corrected chi connectivity index (χ3v) is 8.22. The first-order chi connectivity index (χ1) is 17.9. The highest BCUT2D eigenvalue weighted by Crippen LogP contribution is 2.41. The monoisotopic (exact) mass is 508 g/mol. The highest BCUT2D eigenvalue weighted by molar-refractivity contribution is 7.90. The molecule has 0 amide bonds. The Balaban J connectivity index is 1.64. The molecule has 0 bridgehead atoms. The van der Waals surface area contributed by atoms with Gasteiger partial charge in [-0.1, -0.05) is 66.2 Å². The molecule has 0 saturated carbocycles. The van der Waals surface area contributed by atoms with Gasteiger partial charge < -0.3 is 10.3 Å². The van der Waals surface area contributed by atoms with Crippen molar-refractivity contribution in [2.24, 2.45) is 0 Å². The van der Waals surface area contributed by atoms with Crippen molar-refractivity contribution in [2.75, 3.05) is 5.32 Å².